The average Bonchev–Trinajstić information content (AvgIpc) is 3.16. The van der Waals surface area contributed by atoms with Crippen LogP contribution in [0.2, 0.25) is 0 Å². The van der Waals surface area contributed by atoms with E-state index in [-0.39, 0.29) is 12.2 Å². The first-order valence-corrected chi connectivity index (χ1v) is 11.5. The van der Waals surface area contributed by atoms with Gasteiger partial charge in [0.2, 0.25) is 0 Å². The minimum Gasteiger partial charge on any atom is -0.497 e. The van der Waals surface area contributed by atoms with Crippen molar-refractivity contribution in [1.29, 1.82) is 0 Å². The predicted octanol–water partition coefficient (Wildman–Crippen LogP) is 2.84. The molecule has 4 rings (SSSR count). The number of carbonyl (C=O) groups is 1. The van der Waals surface area contributed by atoms with Crippen LogP contribution in [0.1, 0.15) is 25.5 Å². The van der Waals surface area contributed by atoms with Crippen molar-refractivity contribution in [2.24, 2.45) is 4.99 Å². The summed E-state index contributed by atoms with van der Waals surface area (Å²) >= 11 is 1.25. The molecule has 0 bridgehead atoms. The fraction of sp³-hybridized carbons (Fsp3) is 0.240. The van der Waals surface area contributed by atoms with Crippen LogP contribution in [0.3, 0.4) is 0 Å². The van der Waals surface area contributed by atoms with Gasteiger partial charge in [-0.3, -0.25) is 9.36 Å². The van der Waals surface area contributed by atoms with Crippen molar-refractivity contribution in [3.8, 4) is 11.5 Å². The van der Waals surface area contributed by atoms with Gasteiger partial charge >= 0.3 is 5.97 Å². The Kier molecular flexibility index (Phi) is 6.83. The molecule has 176 valence electrons. The number of anilines is 1. The van der Waals surface area contributed by atoms with Crippen molar-refractivity contribution >= 4 is 29.2 Å². The maximum atomic E-state index is 13.5. The number of esters is 1. The highest BCUT2D eigenvalue weighted by Crippen LogP contribution is 2.31. The molecule has 2 heterocycles. The number of methoxy groups -OCH3 is 2. The van der Waals surface area contributed by atoms with Gasteiger partial charge in [-0.1, -0.05) is 35.6 Å². The Morgan fingerprint density at radius 2 is 1.88 bits per heavy atom. The molecule has 1 aromatic heterocycles. The molecule has 2 aromatic carbocycles. The molecule has 0 fully saturated rings. The third-order valence-electron chi connectivity index (χ3n) is 5.41. The van der Waals surface area contributed by atoms with E-state index in [1.54, 1.807) is 51.0 Å². The maximum Gasteiger partial charge on any atom is 0.338 e. The number of benzene rings is 2. The average molecular weight is 480 g/mol. The summed E-state index contributed by atoms with van der Waals surface area (Å²) in [6, 6.07) is 14.0. The molecule has 9 heteroatoms. The quantitative estimate of drug-likeness (QED) is 0.524. The largest absolute Gasteiger partial charge is 0.497 e. The number of aromatic nitrogens is 1. The monoisotopic (exact) mass is 479 g/mol. The first-order valence-electron chi connectivity index (χ1n) is 10.7. The fourth-order valence-corrected chi connectivity index (χ4v) is 4.77. The van der Waals surface area contributed by atoms with E-state index in [1.165, 1.54) is 11.3 Å². The smallest absolute Gasteiger partial charge is 0.338 e. The summed E-state index contributed by atoms with van der Waals surface area (Å²) in [5, 5.41) is 3.15. The van der Waals surface area contributed by atoms with Gasteiger partial charge in [0, 0.05) is 6.20 Å². The standard InChI is InChI=1S/C25H25N3O5S/c1-5-33-24(30)21-15(2)27-25-28(22(21)16-10-12-17(31-3)13-11-16)23(29)20(34-25)14-26-18-8-6-7-9-19(18)32-4/h6-14,22,26H,5H2,1-4H3/b20-14-/t22-/m0/s1. The number of ether oxygens (including phenoxy) is 3. The second-order valence-electron chi connectivity index (χ2n) is 7.42. The van der Waals surface area contributed by atoms with Crippen LogP contribution in [0.15, 0.2) is 69.6 Å². The summed E-state index contributed by atoms with van der Waals surface area (Å²) in [4.78, 5) is 31.5. The molecule has 0 aliphatic carbocycles. The van der Waals surface area contributed by atoms with Gasteiger partial charge in [0.15, 0.2) is 4.80 Å². The molecule has 0 amide bonds. The van der Waals surface area contributed by atoms with Crippen LogP contribution >= 0.6 is 11.3 Å². The highest BCUT2D eigenvalue weighted by atomic mass is 32.1. The summed E-state index contributed by atoms with van der Waals surface area (Å²) in [6.45, 7) is 3.72. The molecule has 8 nitrogen and oxygen atoms in total. The van der Waals surface area contributed by atoms with Crippen molar-refractivity contribution < 1.29 is 19.0 Å². The van der Waals surface area contributed by atoms with E-state index in [2.05, 4.69) is 10.3 Å². The van der Waals surface area contributed by atoms with Gasteiger partial charge in [-0.25, -0.2) is 9.79 Å². The zero-order valence-corrected chi connectivity index (χ0v) is 20.1. The van der Waals surface area contributed by atoms with Crippen LogP contribution in [0, 0.1) is 0 Å². The lowest BCUT2D eigenvalue weighted by molar-refractivity contribution is -0.139. The van der Waals surface area contributed by atoms with Crippen LogP contribution in [0.4, 0.5) is 5.69 Å². The maximum absolute atomic E-state index is 13.5. The van der Waals surface area contributed by atoms with Crippen molar-refractivity contribution in [3.63, 3.8) is 0 Å². The Bertz CT molecular complexity index is 1420. The molecule has 1 N–H and O–H groups in total. The first kappa shape index (κ1) is 23.3. The van der Waals surface area contributed by atoms with Crippen molar-refractivity contribution in [2.45, 2.75) is 19.9 Å². The molecular formula is C25H25N3O5S. The SMILES string of the molecule is CCOC(=O)C1=C(C)N=c2s/c(=C\Nc3ccccc3OC)c(=O)n2[C@H]1c1ccc(OC)cc1. The molecule has 0 saturated carbocycles. The van der Waals surface area contributed by atoms with E-state index in [0.29, 0.717) is 32.1 Å². The molecule has 1 atom stereocenters. The zero-order chi connectivity index (χ0) is 24.2. The van der Waals surface area contributed by atoms with Gasteiger partial charge in [-0.2, -0.15) is 0 Å². The van der Waals surface area contributed by atoms with E-state index in [9.17, 15) is 9.59 Å². The summed E-state index contributed by atoms with van der Waals surface area (Å²) in [5.41, 5.74) is 2.07. The van der Waals surface area contributed by atoms with Crippen LogP contribution in [0.25, 0.3) is 6.20 Å². The molecule has 1 aliphatic rings. The van der Waals surface area contributed by atoms with Gasteiger partial charge in [-0.05, 0) is 43.7 Å². The number of nitrogens with zero attached hydrogens (tertiary/aromatic N) is 2. The summed E-state index contributed by atoms with van der Waals surface area (Å²) in [5.74, 6) is 0.838. The number of thiazole rings is 1. The Hall–Kier alpha value is -3.85. The van der Waals surface area contributed by atoms with E-state index in [0.717, 1.165) is 11.3 Å². The summed E-state index contributed by atoms with van der Waals surface area (Å²) < 4.78 is 17.9. The molecule has 3 aromatic rings. The van der Waals surface area contributed by atoms with E-state index in [1.807, 2.05) is 36.4 Å². The Balaban J connectivity index is 1.86. The van der Waals surface area contributed by atoms with Crippen molar-refractivity contribution in [2.75, 3.05) is 26.1 Å². The lowest BCUT2D eigenvalue weighted by atomic mass is 9.96. The summed E-state index contributed by atoms with van der Waals surface area (Å²) in [7, 11) is 3.17. The topological polar surface area (TPSA) is 91.2 Å². The van der Waals surface area contributed by atoms with Gasteiger partial charge in [-0.15, -0.1) is 0 Å². The number of nitrogens with one attached hydrogen (secondary N) is 1. The van der Waals surface area contributed by atoms with Crippen LogP contribution in [0.5, 0.6) is 11.5 Å². The normalized spacial score (nSPS) is 15.4. The predicted molar refractivity (Wildman–Crippen MR) is 131 cm³/mol. The van der Waals surface area contributed by atoms with Crippen molar-refractivity contribution in [3.05, 3.63) is 85.1 Å². The lowest BCUT2D eigenvalue weighted by Crippen LogP contribution is -2.40. The zero-order valence-electron chi connectivity index (χ0n) is 19.3. The third-order valence-corrected chi connectivity index (χ3v) is 6.40. The van der Waals surface area contributed by atoms with Gasteiger partial charge in [0.1, 0.15) is 16.0 Å². The number of para-hydroxylation sites is 2. The molecule has 0 spiro atoms. The number of carbonyl (C=O) groups excluding carboxylic acids is 1. The lowest BCUT2D eigenvalue weighted by Gasteiger charge is -2.24. The Morgan fingerprint density at radius 3 is 2.56 bits per heavy atom. The van der Waals surface area contributed by atoms with Gasteiger partial charge in [0.05, 0.1) is 43.8 Å². The van der Waals surface area contributed by atoms with Gasteiger partial charge in [0.25, 0.3) is 5.56 Å². The van der Waals surface area contributed by atoms with E-state index < -0.39 is 12.0 Å². The molecule has 0 saturated heterocycles. The van der Waals surface area contributed by atoms with E-state index in [4.69, 9.17) is 14.2 Å². The number of hydrogen-bond donors (Lipinski definition) is 1. The van der Waals surface area contributed by atoms with E-state index >= 15 is 0 Å². The number of fused-ring (bicyclic) bond motifs is 1. The molecular weight excluding hydrogens is 454 g/mol. The second kappa shape index (κ2) is 9.96. The van der Waals surface area contributed by atoms with Crippen molar-refractivity contribution in [1.82, 2.24) is 4.57 Å². The highest BCUT2D eigenvalue weighted by molar-refractivity contribution is 7.07. The highest BCUT2D eigenvalue weighted by Gasteiger charge is 2.33. The number of hydrogen-bond acceptors (Lipinski definition) is 8. The Labute approximate surface area is 200 Å². The number of rotatable bonds is 7. The molecule has 0 unspecified atom stereocenters. The van der Waals surface area contributed by atoms with Crippen LogP contribution in [-0.2, 0) is 9.53 Å². The Morgan fingerprint density at radius 1 is 1.15 bits per heavy atom. The number of allylic oxidation sites excluding steroid dienone is 1. The molecule has 0 radical (unpaired) electrons. The van der Waals surface area contributed by atoms with Crippen LogP contribution in [-0.4, -0.2) is 31.4 Å². The second-order valence-corrected chi connectivity index (χ2v) is 8.43. The molecule has 1 aliphatic heterocycles. The van der Waals surface area contributed by atoms with Crippen LogP contribution < -0.4 is 29.7 Å². The van der Waals surface area contributed by atoms with Gasteiger partial charge < -0.3 is 19.5 Å². The fourth-order valence-electron chi connectivity index (χ4n) is 3.80. The molecule has 34 heavy (non-hydrogen) atoms. The first-order chi connectivity index (χ1) is 16.5. The minimum absolute atomic E-state index is 0.220. The third kappa shape index (κ3) is 4.34. The minimum atomic E-state index is -0.672. The summed E-state index contributed by atoms with van der Waals surface area (Å²) in [6.07, 6.45) is 1.64.